The van der Waals surface area contributed by atoms with Crippen LogP contribution in [0, 0.1) is 5.82 Å². The summed E-state index contributed by atoms with van der Waals surface area (Å²) >= 11 is 7.08. The number of nitrogens with zero attached hydrogens (tertiary/aromatic N) is 1. The summed E-state index contributed by atoms with van der Waals surface area (Å²) in [5.74, 6) is -0.755. The number of rotatable bonds is 4. The molecule has 0 aliphatic rings. The fourth-order valence-electron chi connectivity index (χ4n) is 1.38. The van der Waals surface area contributed by atoms with Crippen LogP contribution in [0.3, 0.4) is 0 Å². The lowest BCUT2D eigenvalue weighted by Gasteiger charge is -2.09. The minimum atomic E-state index is -4.05. The van der Waals surface area contributed by atoms with Crippen LogP contribution in [-0.4, -0.2) is 20.4 Å². The van der Waals surface area contributed by atoms with Crippen LogP contribution in [0.1, 0.15) is 0 Å². The second-order valence-corrected chi connectivity index (χ2v) is 6.27. The molecule has 0 amide bonds. The lowest BCUT2D eigenvalue weighted by atomic mass is 10.3. The third-order valence-electron chi connectivity index (χ3n) is 2.25. The highest BCUT2D eigenvalue weighted by atomic mass is 35.5. The molecule has 9 heteroatoms. The molecule has 0 unspecified atom stereocenters. The molecule has 1 heterocycles. The Hall–Kier alpha value is -1.38. The molecule has 0 fully saturated rings. The van der Waals surface area contributed by atoms with Crippen molar-refractivity contribution < 1.29 is 12.8 Å². The SMILES string of the molecule is CNc1cc(F)c(S(=O)(=O)Nc2cscn2)cc1Cl. The number of thiazole rings is 1. The Kier molecular flexibility index (Phi) is 3.93. The van der Waals surface area contributed by atoms with Gasteiger partial charge in [0.1, 0.15) is 10.7 Å². The van der Waals surface area contributed by atoms with Crippen molar-refractivity contribution in [3.05, 3.63) is 33.9 Å². The van der Waals surface area contributed by atoms with Gasteiger partial charge in [-0.15, -0.1) is 11.3 Å². The number of benzene rings is 1. The lowest BCUT2D eigenvalue weighted by molar-refractivity contribution is 0.570. The van der Waals surface area contributed by atoms with Gasteiger partial charge in [0.2, 0.25) is 0 Å². The number of aromatic nitrogens is 1. The van der Waals surface area contributed by atoms with Gasteiger partial charge in [0.05, 0.1) is 16.2 Å². The van der Waals surface area contributed by atoms with Gasteiger partial charge in [-0.05, 0) is 12.1 Å². The van der Waals surface area contributed by atoms with Crippen molar-refractivity contribution >= 4 is 44.5 Å². The molecule has 19 heavy (non-hydrogen) atoms. The van der Waals surface area contributed by atoms with Crippen LogP contribution in [0.5, 0.6) is 0 Å². The molecule has 2 rings (SSSR count). The molecule has 0 bridgehead atoms. The van der Waals surface area contributed by atoms with Crippen molar-refractivity contribution in [2.75, 3.05) is 17.1 Å². The Labute approximate surface area is 118 Å². The van der Waals surface area contributed by atoms with E-state index >= 15 is 0 Å². The highest BCUT2D eigenvalue weighted by Gasteiger charge is 2.21. The van der Waals surface area contributed by atoms with Gasteiger partial charge in [-0.25, -0.2) is 17.8 Å². The van der Waals surface area contributed by atoms with Gasteiger partial charge in [-0.1, -0.05) is 11.6 Å². The molecular weight excluding hydrogens is 313 g/mol. The number of hydrogen-bond acceptors (Lipinski definition) is 5. The zero-order valence-corrected chi connectivity index (χ0v) is 12.0. The second-order valence-electron chi connectivity index (χ2n) is 3.49. The van der Waals surface area contributed by atoms with Crippen molar-refractivity contribution in [2.24, 2.45) is 0 Å². The highest BCUT2D eigenvalue weighted by Crippen LogP contribution is 2.28. The summed E-state index contributed by atoms with van der Waals surface area (Å²) in [6.07, 6.45) is 0. The molecule has 0 aliphatic heterocycles. The average molecular weight is 322 g/mol. The molecule has 0 atom stereocenters. The van der Waals surface area contributed by atoms with E-state index in [1.165, 1.54) is 22.2 Å². The van der Waals surface area contributed by atoms with Gasteiger partial charge >= 0.3 is 0 Å². The summed E-state index contributed by atoms with van der Waals surface area (Å²) in [5, 5.41) is 4.27. The number of anilines is 2. The predicted octanol–water partition coefficient (Wildman–Crippen LogP) is 2.78. The van der Waals surface area contributed by atoms with Crippen LogP contribution < -0.4 is 10.0 Å². The third kappa shape index (κ3) is 2.96. The van der Waals surface area contributed by atoms with Crippen LogP contribution in [0.25, 0.3) is 0 Å². The van der Waals surface area contributed by atoms with Gasteiger partial charge in [0, 0.05) is 12.4 Å². The number of nitrogens with one attached hydrogen (secondary N) is 2. The molecule has 5 nitrogen and oxygen atoms in total. The zero-order valence-electron chi connectivity index (χ0n) is 9.65. The molecule has 1 aromatic heterocycles. The van der Waals surface area contributed by atoms with Crippen LogP contribution >= 0.6 is 22.9 Å². The van der Waals surface area contributed by atoms with Gasteiger partial charge in [0.15, 0.2) is 5.82 Å². The quantitative estimate of drug-likeness (QED) is 0.908. The molecule has 1 aromatic carbocycles. The zero-order chi connectivity index (χ0) is 14.0. The smallest absolute Gasteiger partial charge is 0.266 e. The second kappa shape index (κ2) is 5.32. The summed E-state index contributed by atoms with van der Waals surface area (Å²) in [5.41, 5.74) is 1.78. The first kappa shape index (κ1) is 14.0. The summed E-state index contributed by atoms with van der Waals surface area (Å²) in [4.78, 5) is 3.25. The first-order valence-corrected chi connectivity index (χ1v) is 7.82. The monoisotopic (exact) mass is 321 g/mol. The van der Waals surface area contributed by atoms with E-state index in [1.807, 2.05) is 0 Å². The Morgan fingerprint density at radius 3 is 2.74 bits per heavy atom. The molecule has 0 spiro atoms. The Morgan fingerprint density at radius 2 is 2.16 bits per heavy atom. The first-order valence-electron chi connectivity index (χ1n) is 5.02. The molecule has 0 saturated carbocycles. The first-order chi connectivity index (χ1) is 8.94. The predicted molar refractivity (Wildman–Crippen MR) is 73.9 cm³/mol. The normalized spacial score (nSPS) is 11.3. The van der Waals surface area contributed by atoms with Crippen molar-refractivity contribution in [3.8, 4) is 0 Å². The maximum absolute atomic E-state index is 13.8. The Bertz CT molecular complexity index is 689. The van der Waals surface area contributed by atoms with E-state index in [0.29, 0.717) is 5.69 Å². The van der Waals surface area contributed by atoms with Crippen molar-refractivity contribution in [1.82, 2.24) is 4.98 Å². The fraction of sp³-hybridized carbons (Fsp3) is 0.100. The van der Waals surface area contributed by atoms with E-state index in [0.717, 1.165) is 12.1 Å². The van der Waals surface area contributed by atoms with Crippen LogP contribution in [0.15, 0.2) is 27.9 Å². The van der Waals surface area contributed by atoms with Crippen LogP contribution in [0.4, 0.5) is 15.9 Å². The van der Waals surface area contributed by atoms with E-state index in [-0.39, 0.29) is 10.8 Å². The molecule has 0 aliphatic carbocycles. The molecule has 2 N–H and O–H groups in total. The van der Waals surface area contributed by atoms with Gasteiger partial charge in [-0.3, -0.25) is 4.72 Å². The van der Waals surface area contributed by atoms with Gasteiger partial charge in [0.25, 0.3) is 10.0 Å². The highest BCUT2D eigenvalue weighted by molar-refractivity contribution is 7.92. The maximum Gasteiger partial charge on any atom is 0.266 e. The van der Waals surface area contributed by atoms with E-state index < -0.39 is 20.7 Å². The molecule has 0 saturated heterocycles. The summed E-state index contributed by atoms with van der Waals surface area (Å²) in [7, 11) is -2.50. The fourth-order valence-corrected chi connectivity index (χ4v) is 3.35. The van der Waals surface area contributed by atoms with E-state index in [2.05, 4.69) is 15.0 Å². The van der Waals surface area contributed by atoms with Crippen LogP contribution in [0.2, 0.25) is 5.02 Å². The summed E-state index contributed by atoms with van der Waals surface area (Å²) in [6, 6.07) is 2.08. The maximum atomic E-state index is 13.8. The topological polar surface area (TPSA) is 71.1 Å². The van der Waals surface area contributed by atoms with E-state index in [4.69, 9.17) is 11.6 Å². The lowest BCUT2D eigenvalue weighted by Crippen LogP contribution is -2.15. The van der Waals surface area contributed by atoms with Crippen molar-refractivity contribution in [2.45, 2.75) is 4.90 Å². The third-order valence-corrected chi connectivity index (χ3v) is 4.52. The minimum absolute atomic E-state index is 0.113. The Morgan fingerprint density at radius 1 is 1.42 bits per heavy atom. The summed E-state index contributed by atoms with van der Waals surface area (Å²) in [6.45, 7) is 0. The van der Waals surface area contributed by atoms with Crippen molar-refractivity contribution in [1.29, 1.82) is 0 Å². The summed E-state index contributed by atoms with van der Waals surface area (Å²) < 4.78 is 40.0. The van der Waals surface area contributed by atoms with Crippen molar-refractivity contribution in [3.63, 3.8) is 0 Å². The Balaban J connectivity index is 2.43. The number of hydrogen-bond donors (Lipinski definition) is 2. The minimum Gasteiger partial charge on any atom is -0.387 e. The molecule has 0 radical (unpaired) electrons. The van der Waals surface area contributed by atoms with Crippen LogP contribution in [-0.2, 0) is 10.0 Å². The van der Waals surface area contributed by atoms with Gasteiger partial charge in [-0.2, -0.15) is 0 Å². The van der Waals surface area contributed by atoms with E-state index in [1.54, 1.807) is 7.05 Å². The molecule has 102 valence electrons. The van der Waals surface area contributed by atoms with Gasteiger partial charge < -0.3 is 5.32 Å². The molecular formula is C10H9ClFN3O2S2. The van der Waals surface area contributed by atoms with E-state index in [9.17, 15) is 12.8 Å². The number of halogens is 2. The molecule has 2 aromatic rings. The average Bonchev–Trinajstić information content (AvgIpc) is 2.83. The standard InChI is InChI=1S/C10H9ClFN3O2S2/c1-13-8-3-7(12)9(2-6(8)11)19(16,17)15-10-4-18-5-14-10/h2-5,13,15H,1H3. The number of sulfonamides is 1. The largest absolute Gasteiger partial charge is 0.387 e.